The van der Waals surface area contributed by atoms with Crippen LogP contribution in [0.5, 0.6) is 5.75 Å². The Balaban J connectivity index is 1.50. The van der Waals surface area contributed by atoms with Crippen LogP contribution < -0.4 is 10.1 Å². The number of amides is 1. The minimum atomic E-state index is -0.494. The van der Waals surface area contributed by atoms with Gasteiger partial charge in [0.1, 0.15) is 5.75 Å². The highest BCUT2D eigenvalue weighted by molar-refractivity contribution is 5.84. The minimum Gasteiger partial charge on any atom is -0.481 e. The number of allylic oxidation sites excluding steroid dienone is 1. The molecule has 1 N–H and O–H groups in total. The molecule has 1 unspecified atom stereocenters. The molecule has 1 amide bonds. The molecule has 0 aliphatic heterocycles. The molecule has 0 fully saturated rings. The maximum atomic E-state index is 12.2. The fourth-order valence-electron chi connectivity index (χ4n) is 3.12. The van der Waals surface area contributed by atoms with Crippen molar-refractivity contribution in [3.63, 3.8) is 0 Å². The van der Waals surface area contributed by atoms with Crippen LogP contribution in [0.15, 0.2) is 54.1 Å². The number of rotatable bonds is 6. The summed E-state index contributed by atoms with van der Waals surface area (Å²) in [5.41, 5.74) is 1.48. The number of fused-ring (bicyclic) bond motifs is 1. The smallest absolute Gasteiger partial charge is 0.260 e. The summed E-state index contributed by atoms with van der Waals surface area (Å²) in [6, 6.07) is 14.0. The van der Waals surface area contributed by atoms with Crippen molar-refractivity contribution in [2.45, 2.75) is 45.1 Å². The summed E-state index contributed by atoms with van der Waals surface area (Å²) in [4.78, 5) is 12.2. The summed E-state index contributed by atoms with van der Waals surface area (Å²) in [5.74, 6) is 0.672. The monoisotopic (exact) mass is 323 g/mol. The Morgan fingerprint density at radius 1 is 1.17 bits per heavy atom. The molecule has 3 rings (SSSR count). The SMILES string of the molecule is CC(Oc1ccc2ccccc2c1)C(=O)NCCC1=CCCCC1. The Labute approximate surface area is 143 Å². The van der Waals surface area contributed by atoms with Gasteiger partial charge in [0.2, 0.25) is 0 Å². The zero-order chi connectivity index (χ0) is 16.8. The lowest BCUT2D eigenvalue weighted by Crippen LogP contribution is -2.36. The molecule has 0 saturated carbocycles. The van der Waals surface area contributed by atoms with Crippen molar-refractivity contribution < 1.29 is 9.53 Å². The van der Waals surface area contributed by atoms with Gasteiger partial charge in [-0.3, -0.25) is 4.79 Å². The second kappa shape index (κ2) is 8.00. The standard InChI is InChI=1S/C21H25NO2/c1-16(21(23)22-14-13-17-7-3-2-4-8-17)24-20-12-11-18-9-5-6-10-19(18)15-20/h5-7,9-12,15-16H,2-4,8,13-14H2,1H3,(H,22,23). The zero-order valence-electron chi connectivity index (χ0n) is 14.3. The molecule has 2 aromatic carbocycles. The Bertz CT molecular complexity index is 735. The molecule has 0 spiro atoms. The third kappa shape index (κ3) is 4.38. The van der Waals surface area contributed by atoms with Crippen LogP contribution in [0.25, 0.3) is 10.8 Å². The third-order valence-electron chi connectivity index (χ3n) is 4.53. The molecule has 3 heteroatoms. The van der Waals surface area contributed by atoms with Gasteiger partial charge in [-0.2, -0.15) is 0 Å². The van der Waals surface area contributed by atoms with Gasteiger partial charge in [0.05, 0.1) is 0 Å². The van der Waals surface area contributed by atoms with Gasteiger partial charge in [0.25, 0.3) is 5.91 Å². The molecule has 0 bridgehead atoms. The van der Waals surface area contributed by atoms with Gasteiger partial charge in [-0.25, -0.2) is 0 Å². The summed E-state index contributed by atoms with van der Waals surface area (Å²) >= 11 is 0. The Morgan fingerprint density at radius 3 is 2.79 bits per heavy atom. The lowest BCUT2D eigenvalue weighted by Gasteiger charge is -2.16. The quantitative estimate of drug-likeness (QED) is 0.788. The Morgan fingerprint density at radius 2 is 2.00 bits per heavy atom. The lowest BCUT2D eigenvalue weighted by molar-refractivity contribution is -0.127. The van der Waals surface area contributed by atoms with E-state index in [2.05, 4.69) is 17.5 Å². The maximum Gasteiger partial charge on any atom is 0.260 e. The molecule has 0 saturated heterocycles. The molecule has 0 radical (unpaired) electrons. The highest BCUT2D eigenvalue weighted by atomic mass is 16.5. The summed E-state index contributed by atoms with van der Waals surface area (Å²) in [7, 11) is 0. The molecule has 3 nitrogen and oxygen atoms in total. The van der Waals surface area contributed by atoms with Crippen molar-refractivity contribution in [1.82, 2.24) is 5.32 Å². The van der Waals surface area contributed by atoms with E-state index in [0.29, 0.717) is 6.54 Å². The summed E-state index contributed by atoms with van der Waals surface area (Å²) in [5, 5.41) is 5.27. The van der Waals surface area contributed by atoms with Gasteiger partial charge in [-0.1, -0.05) is 42.0 Å². The van der Waals surface area contributed by atoms with E-state index >= 15 is 0 Å². The van der Waals surface area contributed by atoms with Crippen LogP contribution in [0.1, 0.15) is 39.0 Å². The van der Waals surface area contributed by atoms with Crippen LogP contribution in [0.4, 0.5) is 0 Å². The second-order valence-electron chi connectivity index (χ2n) is 6.42. The number of carbonyl (C=O) groups is 1. The number of benzene rings is 2. The molecule has 126 valence electrons. The van der Waals surface area contributed by atoms with Crippen molar-refractivity contribution in [2.24, 2.45) is 0 Å². The first-order valence-electron chi connectivity index (χ1n) is 8.83. The number of ether oxygens (including phenoxy) is 1. The lowest BCUT2D eigenvalue weighted by atomic mass is 9.97. The van der Waals surface area contributed by atoms with Crippen molar-refractivity contribution >= 4 is 16.7 Å². The number of nitrogens with one attached hydrogen (secondary N) is 1. The van der Waals surface area contributed by atoms with E-state index in [-0.39, 0.29) is 5.91 Å². The summed E-state index contributed by atoms with van der Waals surface area (Å²) in [6.07, 6.45) is 7.72. The predicted molar refractivity (Wildman–Crippen MR) is 98.2 cm³/mol. The van der Waals surface area contributed by atoms with Gasteiger partial charge in [0.15, 0.2) is 6.10 Å². The van der Waals surface area contributed by atoms with Gasteiger partial charge < -0.3 is 10.1 Å². The van der Waals surface area contributed by atoms with Gasteiger partial charge >= 0.3 is 0 Å². The highest BCUT2D eigenvalue weighted by Crippen LogP contribution is 2.22. The van der Waals surface area contributed by atoms with E-state index < -0.39 is 6.10 Å². The molecule has 1 atom stereocenters. The first-order valence-corrected chi connectivity index (χ1v) is 8.83. The fourth-order valence-corrected chi connectivity index (χ4v) is 3.12. The average molecular weight is 323 g/mol. The number of hydrogen-bond donors (Lipinski definition) is 1. The summed E-state index contributed by atoms with van der Waals surface area (Å²) < 4.78 is 5.80. The Hall–Kier alpha value is -2.29. The van der Waals surface area contributed by atoms with Crippen LogP contribution in [-0.2, 0) is 4.79 Å². The highest BCUT2D eigenvalue weighted by Gasteiger charge is 2.14. The molecule has 24 heavy (non-hydrogen) atoms. The largest absolute Gasteiger partial charge is 0.481 e. The van der Waals surface area contributed by atoms with Crippen molar-refractivity contribution in [2.75, 3.05) is 6.54 Å². The van der Waals surface area contributed by atoms with Crippen LogP contribution in [-0.4, -0.2) is 18.6 Å². The summed E-state index contributed by atoms with van der Waals surface area (Å²) in [6.45, 7) is 2.49. The van der Waals surface area contributed by atoms with Crippen molar-refractivity contribution in [3.05, 3.63) is 54.1 Å². The second-order valence-corrected chi connectivity index (χ2v) is 6.42. The van der Waals surface area contributed by atoms with E-state index in [9.17, 15) is 4.79 Å². The van der Waals surface area contributed by atoms with Crippen LogP contribution >= 0.6 is 0 Å². The maximum absolute atomic E-state index is 12.2. The first-order chi connectivity index (χ1) is 11.7. The molecule has 1 aliphatic carbocycles. The van der Waals surface area contributed by atoms with Crippen molar-refractivity contribution in [1.29, 1.82) is 0 Å². The van der Waals surface area contributed by atoms with E-state index in [0.717, 1.165) is 17.6 Å². The Kier molecular flexibility index (Phi) is 5.52. The number of hydrogen-bond acceptors (Lipinski definition) is 2. The van der Waals surface area contributed by atoms with Gasteiger partial charge in [0, 0.05) is 6.54 Å². The van der Waals surface area contributed by atoms with Crippen molar-refractivity contribution in [3.8, 4) is 5.75 Å². The van der Waals surface area contributed by atoms with Gasteiger partial charge in [-0.05, 0) is 61.9 Å². The molecule has 2 aromatic rings. The molecule has 0 aromatic heterocycles. The fraction of sp³-hybridized carbons (Fsp3) is 0.381. The van der Waals surface area contributed by atoms with Crippen LogP contribution in [0.3, 0.4) is 0 Å². The third-order valence-corrected chi connectivity index (χ3v) is 4.53. The van der Waals surface area contributed by atoms with Gasteiger partial charge in [-0.15, -0.1) is 0 Å². The zero-order valence-corrected chi connectivity index (χ0v) is 14.3. The number of carbonyl (C=O) groups excluding carboxylic acids is 1. The van der Waals surface area contributed by atoms with E-state index in [1.165, 1.54) is 36.6 Å². The predicted octanol–water partition coefficient (Wildman–Crippen LogP) is 4.61. The van der Waals surface area contributed by atoms with Crippen LogP contribution in [0.2, 0.25) is 0 Å². The molecule has 1 aliphatic rings. The van der Waals surface area contributed by atoms with E-state index in [4.69, 9.17) is 4.74 Å². The normalized spacial score (nSPS) is 15.6. The molecular formula is C21H25NO2. The van der Waals surface area contributed by atoms with E-state index in [1.54, 1.807) is 6.92 Å². The average Bonchev–Trinajstić information content (AvgIpc) is 2.62. The minimum absolute atomic E-state index is 0.0560. The van der Waals surface area contributed by atoms with E-state index in [1.807, 2.05) is 36.4 Å². The van der Waals surface area contributed by atoms with Crippen LogP contribution in [0, 0.1) is 0 Å². The topological polar surface area (TPSA) is 38.3 Å². The molecular weight excluding hydrogens is 298 g/mol. The first kappa shape index (κ1) is 16.6. The molecule has 0 heterocycles.